The van der Waals surface area contributed by atoms with E-state index in [2.05, 4.69) is 41.7 Å². The molecule has 68 valence electrons. The Morgan fingerprint density at radius 1 is 1.00 bits per heavy atom. The molecule has 1 heteroatoms. The standard InChI is InChI=1S/C12H16N/c1-3-7-12(8-4-1)11-13-9-5-2-6-10-13/h1-4,7-8H,5-6,9-11H2/q+1. The Bertz CT molecular complexity index is 237. The molecule has 0 N–H and O–H groups in total. The smallest absolute Gasteiger partial charge is 0.148 e. The van der Waals surface area contributed by atoms with Crippen LogP contribution in [0.25, 0.3) is 0 Å². The van der Waals surface area contributed by atoms with Gasteiger partial charge in [0.05, 0.1) is 0 Å². The summed E-state index contributed by atoms with van der Waals surface area (Å²) in [6, 6.07) is 10.7. The highest BCUT2D eigenvalue weighted by molar-refractivity contribution is 5.15. The Labute approximate surface area is 80.4 Å². The zero-order chi connectivity index (χ0) is 8.93. The minimum absolute atomic E-state index is 1.12. The molecule has 0 aromatic heterocycles. The number of rotatable bonds is 2. The highest BCUT2D eigenvalue weighted by atomic mass is 15.1. The van der Waals surface area contributed by atoms with Gasteiger partial charge < -0.3 is 0 Å². The molecule has 0 amide bonds. The van der Waals surface area contributed by atoms with Crippen LogP contribution in [0, 0.1) is 6.42 Å². The highest BCUT2D eigenvalue weighted by Crippen LogP contribution is 2.09. The maximum atomic E-state index is 2.52. The number of benzene rings is 1. The van der Waals surface area contributed by atoms with Crippen LogP contribution >= 0.6 is 0 Å². The molecule has 0 spiro atoms. The Morgan fingerprint density at radius 3 is 2.38 bits per heavy atom. The van der Waals surface area contributed by atoms with Crippen LogP contribution < -0.4 is 4.90 Å². The first kappa shape index (κ1) is 8.76. The summed E-state index contributed by atoms with van der Waals surface area (Å²) in [6.07, 6.45) is 4.90. The minimum atomic E-state index is 1.12. The quantitative estimate of drug-likeness (QED) is 0.607. The van der Waals surface area contributed by atoms with Crippen molar-refractivity contribution in [2.45, 2.75) is 19.4 Å². The number of nitrogens with zero attached hydrogens (tertiary/aromatic N) is 1. The van der Waals surface area contributed by atoms with E-state index in [1.165, 1.54) is 31.5 Å². The average molecular weight is 174 g/mol. The van der Waals surface area contributed by atoms with Gasteiger partial charge in [-0.15, -0.1) is 0 Å². The van der Waals surface area contributed by atoms with Gasteiger partial charge in [0, 0.05) is 18.4 Å². The molecule has 0 bridgehead atoms. The predicted molar refractivity (Wildman–Crippen MR) is 55.5 cm³/mol. The van der Waals surface area contributed by atoms with Gasteiger partial charge in [0.15, 0.2) is 0 Å². The van der Waals surface area contributed by atoms with Crippen LogP contribution in [0.3, 0.4) is 0 Å². The molecule has 1 aromatic carbocycles. The van der Waals surface area contributed by atoms with Gasteiger partial charge >= 0.3 is 0 Å². The molecule has 0 atom stereocenters. The Hall–Kier alpha value is -0.820. The van der Waals surface area contributed by atoms with Crippen molar-refractivity contribution in [3.63, 3.8) is 0 Å². The van der Waals surface area contributed by atoms with Gasteiger partial charge in [-0.2, -0.15) is 4.90 Å². The number of piperidine rings is 1. The molecule has 1 heterocycles. The Kier molecular flexibility index (Phi) is 2.98. The van der Waals surface area contributed by atoms with Crippen molar-refractivity contribution < 1.29 is 0 Å². The van der Waals surface area contributed by atoms with Crippen molar-refractivity contribution in [2.24, 2.45) is 0 Å². The summed E-state index contributed by atoms with van der Waals surface area (Å²) in [5, 5.41) is 0. The molecule has 0 unspecified atom stereocenters. The SMILES string of the molecule is [CH]1CC[N+](Cc2ccccc2)CC1. The second kappa shape index (κ2) is 4.43. The van der Waals surface area contributed by atoms with Crippen LogP contribution in [0.4, 0.5) is 0 Å². The van der Waals surface area contributed by atoms with E-state index in [0.29, 0.717) is 0 Å². The van der Waals surface area contributed by atoms with Crippen LogP contribution in [0.2, 0.25) is 0 Å². The highest BCUT2D eigenvalue weighted by Gasteiger charge is 2.18. The van der Waals surface area contributed by atoms with Crippen molar-refractivity contribution in [1.29, 1.82) is 0 Å². The predicted octanol–water partition coefficient (Wildman–Crippen LogP) is 2.32. The zero-order valence-electron chi connectivity index (χ0n) is 7.95. The van der Waals surface area contributed by atoms with Gasteiger partial charge in [-0.3, -0.25) is 0 Å². The summed E-state index contributed by atoms with van der Waals surface area (Å²) in [4.78, 5) is 2.52. The normalized spacial score (nSPS) is 18.8. The molecule has 1 nitrogen and oxygen atoms in total. The molecule has 2 rings (SSSR count). The Morgan fingerprint density at radius 2 is 1.69 bits per heavy atom. The lowest BCUT2D eigenvalue weighted by Gasteiger charge is -2.16. The number of hydrogen-bond donors (Lipinski definition) is 0. The van der Waals surface area contributed by atoms with Gasteiger partial charge in [0.1, 0.15) is 19.6 Å². The largest absolute Gasteiger partial charge is 0.166 e. The monoisotopic (exact) mass is 174 g/mol. The van der Waals surface area contributed by atoms with Crippen molar-refractivity contribution in [2.75, 3.05) is 13.1 Å². The van der Waals surface area contributed by atoms with E-state index in [1.54, 1.807) is 0 Å². The van der Waals surface area contributed by atoms with Crippen LogP contribution in [-0.2, 0) is 6.54 Å². The van der Waals surface area contributed by atoms with Gasteiger partial charge in [0.2, 0.25) is 0 Å². The molecular weight excluding hydrogens is 158 g/mol. The molecular formula is C12H16N+. The van der Waals surface area contributed by atoms with E-state index >= 15 is 0 Å². The van der Waals surface area contributed by atoms with Crippen LogP contribution in [0.5, 0.6) is 0 Å². The van der Waals surface area contributed by atoms with E-state index in [4.69, 9.17) is 0 Å². The maximum absolute atomic E-state index is 2.52. The summed E-state index contributed by atoms with van der Waals surface area (Å²) >= 11 is 0. The third-order valence-electron chi connectivity index (χ3n) is 2.55. The summed E-state index contributed by atoms with van der Waals surface area (Å²) in [5.41, 5.74) is 1.43. The lowest BCUT2D eigenvalue weighted by atomic mass is 10.1. The zero-order valence-corrected chi connectivity index (χ0v) is 7.95. The first-order chi connectivity index (χ1) is 6.45. The third kappa shape index (κ3) is 2.56. The average Bonchev–Trinajstić information content (AvgIpc) is 2.21. The molecule has 1 saturated heterocycles. The van der Waals surface area contributed by atoms with Crippen LogP contribution in [0.1, 0.15) is 18.4 Å². The molecule has 2 radical (unpaired) electrons. The second-order valence-electron chi connectivity index (χ2n) is 3.63. The minimum Gasteiger partial charge on any atom is -0.166 e. The summed E-state index contributed by atoms with van der Waals surface area (Å²) < 4.78 is 0. The molecule has 1 aliphatic rings. The fraction of sp³-hybridized carbons (Fsp3) is 0.417. The topological polar surface area (TPSA) is 5.90 Å². The summed E-state index contributed by atoms with van der Waals surface area (Å²) in [5.74, 6) is 0. The van der Waals surface area contributed by atoms with E-state index in [9.17, 15) is 0 Å². The Balaban J connectivity index is 1.90. The fourth-order valence-electron chi connectivity index (χ4n) is 1.80. The van der Waals surface area contributed by atoms with Gasteiger partial charge in [-0.1, -0.05) is 30.3 Å². The molecule has 1 fully saturated rings. The second-order valence-corrected chi connectivity index (χ2v) is 3.63. The summed E-state index contributed by atoms with van der Waals surface area (Å²) in [7, 11) is 0. The van der Waals surface area contributed by atoms with Crippen molar-refractivity contribution >= 4 is 0 Å². The van der Waals surface area contributed by atoms with Crippen molar-refractivity contribution in [3.05, 3.63) is 42.3 Å². The van der Waals surface area contributed by atoms with E-state index in [1.807, 2.05) is 0 Å². The molecule has 0 saturated carbocycles. The van der Waals surface area contributed by atoms with E-state index < -0.39 is 0 Å². The molecule has 13 heavy (non-hydrogen) atoms. The van der Waals surface area contributed by atoms with E-state index in [-0.39, 0.29) is 0 Å². The van der Waals surface area contributed by atoms with Crippen LogP contribution in [-0.4, -0.2) is 13.1 Å². The molecule has 1 aliphatic heterocycles. The van der Waals surface area contributed by atoms with E-state index in [0.717, 1.165) is 6.54 Å². The third-order valence-corrected chi connectivity index (χ3v) is 2.55. The van der Waals surface area contributed by atoms with Gasteiger partial charge in [-0.05, 0) is 6.42 Å². The van der Waals surface area contributed by atoms with Crippen molar-refractivity contribution in [1.82, 2.24) is 4.90 Å². The van der Waals surface area contributed by atoms with Crippen molar-refractivity contribution in [3.8, 4) is 0 Å². The molecule has 0 aliphatic carbocycles. The molecule has 1 aromatic rings. The first-order valence-corrected chi connectivity index (χ1v) is 5.03. The summed E-state index contributed by atoms with van der Waals surface area (Å²) in [6.45, 7) is 3.58. The lowest BCUT2D eigenvalue weighted by Crippen LogP contribution is -2.34. The maximum Gasteiger partial charge on any atom is 0.148 e. The first-order valence-electron chi connectivity index (χ1n) is 5.03. The van der Waals surface area contributed by atoms with Gasteiger partial charge in [-0.25, -0.2) is 0 Å². The number of likely N-dealkylation sites (tertiary alicyclic amines) is 1. The van der Waals surface area contributed by atoms with Crippen LogP contribution in [0.15, 0.2) is 30.3 Å². The lowest BCUT2D eigenvalue weighted by molar-refractivity contribution is 0.373. The number of hydrogen-bond acceptors (Lipinski definition) is 1. The fourth-order valence-corrected chi connectivity index (χ4v) is 1.80. The van der Waals surface area contributed by atoms with Gasteiger partial charge in [0.25, 0.3) is 0 Å².